The molecule has 5 N–H and O–H groups in total. The van der Waals surface area contributed by atoms with Crippen molar-refractivity contribution >= 4 is 116 Å². The Morgan fingerprint density at radius 3 is 2.27 bits per heavy atom. The van der Waals surface area contributed by atoms with Crippen LogP contribution in [0.4, 0.5) is 17.1 Å². The molecule has 3 aromatic rings. The predicted octanol–water partition coefficient (Wildman–Crippen LogP) is 2.21. The number of carbonyl (C=O) groups excluding carboxylic acids is 1. The van der Waals surface area contributed by atoms with Gasteiger partial charge in [0.1, 0.15) is 10.6 Å². The molecule has 15 heteroatoms. The number of fused-ring (bicyclic) bond motifs is 1. The first-order valence-electron chi connectivity index (χ1n) is 8.49. The van der Waals surface area contributed by atoms with E-state index in [4.69, 9.17) is 0 Å². The summed E-state index contributed by atoms with van der Waals surface area (Å²) in [5, 5.41) is 20.6. The monoisotopic (exact) mass is 511 g/mol. The van der Waals surface area contributed by atoms with Crippen molar-refractivity contribution in [2.45, 2.75) is 11.8 Å². The molecule has 0 saturated heterocycles. The summed E-state index contributed by atoms with van der Waals surface area (Å²) in [5.74, 6) is -0.995. The fraction of sp³-hybridized carbons (Fsp3) is 0.0556. The van der Waals surface area contributed by atoms with Crippen LogP contribution in [0.25, 0.3) is 10.8 Å². The van der Waals surface area contributed by atoms with Crippen molar-refractivity contribution < 1.29 is 37.2 Å². The molecule has 0 heterocycles. The molecule has 3 rings (SSSR count). The maximum absolute atomic E-state index is 11.8. The van der Waals surface area contributed by atoms with Gasteiger partial charge >= 0.3 is 7.60 Å². The van der Waals surface area contributed by atoms with Crippen molar-refractivity contribution in [2.75, 3.05) is 5.32 Å². The molecule has 0 aromatic heterocycles. The summed E-state index contributed by atoms with van der Waals surface area (Å²) in [6, 6.07) is 10.3. The molecular weight excluding hydrogens is 495 g/mol. The van der Waals surface area contributed by atoms with E-state index < -0.39 is 34.0 Å². The Bertz CT molecular complexity index is 1390. The Morgan fingerprint density at radius 2 is 1.70 bits per heavy atom. The van der Waals surface area contributed by atoms with Crippen LogP contribution in [-0.2, 0) is 19.5 Å². The summed E-state index contributed by atoms with van der Waals surface area (Å²) in [4.78, 5) is 29.1. The van der Waals surface area contributed by atoms with Crippen LogP contribution in [0.5, 0.6) is 5.75 Å². The first-order chi connectivity index (χ1) is 14.4. The number of nitrogens with one attached hydrogen (secondary N) is 1. The van der Waals surface area contributed by atoms with E-state index in [0.717, 1.165) is 12.1 Å². The number of nitrogens with zero attached hydrogens (tertiary/aromatic N) is 2. The quantitative estimate of drug-likeness (QED) is 0.149. The molecule has 0 fully saturated rings. The average Bonchev–Trinajstić information content (AvgIpc) is 2.66. The van der Waals surface area contributed by atoms with Crippen molar-refractivity contribution in [3.05, 3.63) is 48.5 Å². The van der Waals surface area contributed by atoms with Gasteiger partial charge in [-0.25, -0.2) is 0 Å². The summed E-state index contributed by atoms with van der Waals surface area (Å²) >= 11 is 0. The molecular formula is C18H16N3Na2O8PS. The Hall–Kier alpha value is -1.15. The number of hydrogen-bond acceptors (Lipinski definition) is 7. The van der Waals surface area contributed by atoms with Gasteiger partial charge in [0.05, 0.1) is 11.0 Å². The number of phenolic OH excluding ortho intramolecular Hbond substituents is 1. The molecule has 0 aliphatic heterocycles. The van der Waals surface area contributed by atoms with Crippen LogP contribution >= 0.6 is 7.60 Å². The SMILES string of the molecule is CC(=O)Nc1ccc2cc(S(=O)(=O)O)c(N=Nc3cccc(P(=O)(O)O)c3)c(O)c2c1.[Na].[Na]. The third-order valence-electron chi connectivity index (χ3n) is 4.08. The van der Waals surface area contributed by atoms with Crippen LogP contribution < -0.4 is 10.6 Å². The molecule has 3 aromatic carbocycles. The fourth-order valence-corrected chi connectivity index (χ4v) is 4.00. The Balaban J connectivity index is 0.00000272. The number of rotatable bonds is 5. The van der Waals surface area contributed by atoms with Gasteiger partial charge in [0.25, 0.3) is 10.1 Å². The maximum Gasteiger partial charge on any atom is 0.356 e. The van der Waals surface area contributed by atoms with E-state index in [1.54, 1.807) is 0 Å². The number of aromatic hydroxyl groups is 1. The van der Waals surface area contributed by atoms with Gasteiger partial charge < -0.3 is 20.2 Å². The Kier molecular flexibility index (Phi) is 10.4. The van der Waals surface area contributed by atoms with E-state index in [0.29, 0.717) is 5.69 Å². The summed E-state index contributed by atoms with van der Waals surface area (Å²) in [7, 11) is -9.38. The number of amides is 1. The minimum absolute atomic E-state index is 0. The summed E-state index contributed by atoms with van der Waals surface area (Å²) in [5.41, 5.74) is -0.294. The van der Waals surface area contributed by atoms with Gasteiger partial charge in [0.2, 0.25) is 5.91 Å². The minimum atomic E-state index is -4.82. The molecule has 0 saturated carbocycles. The van der Waals surface area contributed by atoms with Gasteiger partial charge in [0.15, 0.2) is 5.75 Å². The molecule has 1 amide bonds. The zero-order valence-electron chi connectivity index (χ0n) is 17.8. The molecule has 0 aliphatic carbocycles. The number of phenols is 1. The zero-order valence-corrected chi connectivity index (χ0v) is 23.5. The number of azo groups is 1. The largest absolute Gasteiger partial charge is 0.505 e. The molecule has 0 aliphatic rings. The molecule has 0 spiro atoms. The van der Waals surface area contributed by atoms with E-state index in [2.05, 4.69) is 15.5 Å². The molecule has 11 nitrogen and oxygen atoms in total. The molecule has 0 unspecified atom stereocenters. The molecule has 33 heavy (non-hydrogen) atoms. The number of carbonyl (C=O) groups is 1. The first kappa shape index (κ1) is 29.9. The van der Waals surface area contributed by atoms with Crippen molar-refractivity contribution in [1.82, 2.24) is 0 Å². The maximum atomic E-state index is 11.8. The van der Waals surface area contributed by atoms with E-state index >= 15 is 0 Å². The van der Waals surface area contributed by atoms with Crippen molar-refractivity contribution in [2.24, 2.45) is 10.2 Å². The van der Waals surface area contributed by atoms with Crippen LogP contribution in [0, 0.1) is 0 Å². The summed E-state index contributed by atoms with van der Waals surface area (Å²) < 4.78 is 44.7. The predicted molar refractivity (Wildman–Crippen MR) is 124 cm³/mol. The fourth-order valence-electron chi connectivity index (χ4n) is 2.76. The van der Waals surface area contributed by atoms with Crippen LogP contribution in [-0.4, -0.2) is 92.9 Å². The minimum Gasteiger partial charge on any atom is -0.505 e. The van der Waals surface area contributed by atoms with Crippen molar-refractivity contribution in [1.29, 1.82) is 0 Å². The van der Waals surface area contributed by atoms with Gasteiger partial charge in [-0.1, -0.05) is 12.1 Å². The van der Waals surface area contributed by atoms with Gasteiger partial charge in [-0.15, -0.1) is 5.11 Å². The Morgan fingerprint density at radius 1 is 1.03 bits per heavy atom. The van der Waals surface area contributed by atoms with Crippen LogP contribution in [0.1, 0.15) is 6.92 Å². The second-order valence-electron chi connectivity index (χ2n) is 6.43. The molecule has 2 radical (unpaired) electrons. The van der Waals surface area contributed by atoms with Crippen molar-refractivity contribution in [3.63, 3.8) is 0 Å². The third kappa shape index (κ3) is 7.41. The second-order valence-corrected chi connectivity index (χ2v) is 9.42. The number of anilines is 1. The molecule has 164 valence electrons. The van der Waals surface area contributed by atoms with Gasteiger partial charge in [-0.2, -0.15) is 13.5 Å². The normalized spacial score (nSPS) is 11.6. The van der Waals surface area contributed by atoms with Crippen molar-refractivity contribution in [3.8, 4) is 5.75 Å². The molecule has 0 atom stereocenters. The van der Waals surface area contributed by atoms with Crippen LogP contribution in [0.15, 0.2) is 63.7 Å². The number of hydrogen-bond donors (Lipinski definition) is 5. The van der Waals surface area contributed by atoms with E-state index in [9.17, 15) is 37.2 Å². The van der Waals surface area contributed by atoms with E-state index in [1.165, 1.54) is 43.3 Å². The van der Waals surface area contributed by atoms with Crippen LogP contribution in [0.3, 0.4) is 0 Å². The van der Waals surface area contributed by atoms with Crippen LogP contribution in [0.2, 0.25) is 0 Å². The van der Waals surface area contributed by atoms with E-state index in [1.807, 2.05) is 0 Å². The topological polar surface area (TPSA) is 186 Å². The second kappa shape index (κ2) is 11.5. The Labute approximate surface area is 232 Å². The molecule has 0 bridgehead atoms. The standard InChI is InChI=1S/C18H16N3O8PS.2Na/c1-10(22)19-12-6-5-11-7-16(31(27,28)29)17(18(23)15(11)9-12)21-20-13-3-2-4-14(8-13)30(24,25)26;;/h2-9,23H,1H3,(H,19,22)(H2,24,25,26)(H,27,28,29);;. The summed E-state index contributed by atoms with van der Waals surface area (Å²) in [6.45, 7) is 1.29. The third-order valence-corrected chi connectivity index (χ3v) is 5.90. The first-order valence-corrected chi connectivity index (χ1v) is 11.5. The average molecular weight is 511 g/mol. The smallest absolute Gasteiger partial charge is 0.356 e. The summed E-state index contributed by atoms with van der Waals surface area (Å²) in [6.07, 6.45) is 0. The zero-order chi connectivity index (χ0) is 23.0. The van der Waals surface area contributed by atoms with Gasteiger partial charge in [0, 0.05) is 77.1 Å². The van der Waals surface area contributed by atoms with E-state index in [-0.39, 0.29) is 86.8 Å². The number of benzene rings is 3. The van der Waals surface area contributed by atoms with Gasteiger partial charge in [-0.3, -0.25) is 13.9 Å². The van der Waals surface area contributed by atoms with Gasteiger partial charge in [-0.05, 0) is 41.8 Å².